The molecule has 1 aromatic heterocycles. The highest BCUT2D eigenvalue weighted by atomic mass is 32.1. The zero-order valence-electron chi connectivity index (χ0n) is 12.4. The van der Waals surface area contributed by atoms with Gasteiger partial charge in [0.15, 0.2) is 0 Å². The average molecular weight is 305 g/mol. The first-order valence-electron chi connectivity index (χ1n) is 6.75. The van der Waals surface area contributed by atoms with Crippen LogP contribution in [0.4, 0.5) is 5.69 Å². The van der Waals surface area contributed by atoms with Crippen LogP contribution in [0.5, 0.6) is 0 Å². The molecule has 0 aliphatic rings. The number of aryl methyl sites for hydroxylation is 1. The second-order valence-electron chi connectivity index (χ2n) is 4.91. The number of nitrogens with two attached hydrogens (primary N) is 1. The molecule has 0 radical (unpaired) electrons. The van der Waals surface area contributed by atoms with Gasteiger partial charge in [-0.15, -0.1) is 11.3 Å². The lowest BCUT2D eigenvalue weighted by atomic mass is 10.1. The van der Waals surface area contributed by atoms with Crippen molar-refractivity contribution in [3.63, 3.8) is 0 Å². The molecule has 2 aromatic rings. The van der Waals surface area contributed by atoms with Crippen LogP contribution < -0.4 is 11.1 Å². The van der Waals surface area contributed by atoms with Gasteiger partial charge in [-0.2, -0.15) is 0 Å². The molecule has 21 heavy (non-hydrogen) atoms. The Bertz CT molecular complexity index is 694. The first-order chi connectivity index (χ1) is 9.95. The van der Waals surface area contributed by atoms with Crippen molar-refractivity contribution >= 4 is 38.9 Å². The van der Waals surface area contributed by atoms with Crippen molar-refractivity contribution in [1.29, 1.82) is 0 Å². The Balaban J connectivity index is 2.29. The van der Waals surface area contributed by atoms with Crippen LogP contribution >= 0.6 is 11.3 Å². The number of anilines is 1. The Kier molecular flexibility index (Phi) is 4.47. The molecule has 0 saturated carbocycles. The lowest BCUT2D eigenvalue weighted by molar-refractivity contribution is -0.121. The van der Waals surface area contributed by atoms with Crippen molar-refractivity contribution in [1.82, 2.24) is 10.2 Å². The number of hydrogen-bond donors (Lipinski definition) is 2. The number of amides is 2. The third kappa shape index (κ3) is 3.00. The molecule has 0 saturated heterocycles. The molecule has 112 valence electrons. The van der Waals surface area contributed by atoms with Gasteiger partial charge in [0.1, 0.15) is 4.88 Å². The van der Waals surface area contributed by atoms with Crippen molar-refractivity contribution in [2.24, 2.45) is 0 Å². The van der Waals surface area contributed by atoms with Crippen LogP contribution in [0.3, 0.4) is 0 Å². The van der Waals surface area contributed by atoms with Gasteiger partial charge in [-0.3, -0.25) is 9.59 Å². The van der Waals surface area contributed by atoms with E-state index in [1.165, 1.54) is 16.2 Å². The largest absolute Gasteiger partial charge is 0.397 e. The number of thiophene rings is 1. The molecule has 0 fully saturated rings. The molecule has 2 rings (SSSR count). The van der Waals surface area contributed by atoms with Crippen LogP contribution in [0.25, 0.3) is 10.1 Å². The number of benzene rings is 1. The standard InChI is InChI=1S/C15H19N3O2S/c1-4-17-11(19)8-18(3)15(20)14-12(16)10-7-5-6-9(2)13(10)21-14/h5-7H,4,8,16H2,1-3H3,(H,17,19). The summed E-state index contributed by atoms with van der Waals surface area (Å²) in [7, 11) is 1.61. The van der Waals surface area contributed by atoms with Gasteiger partial charge in [0.05, 0.1) is 12.2 Å². The van der Waals surface area contributed by atoms with E-state index in [1.807, 2.05) is 32.0 Å². The van der Waals surface area contributed by atoms with E-state index in [-0.39, 0.29) is 18.4 Å². The second-order valence-corrected chi connectivity index (χ2v) is 5.93. The van der Waals surface area contributed by atoms with Crippen molar-refractivity contribution in [3.8, 4) is 0 Å². The van der Waals surface area contributed by atoms with E-state index in [0.717, 1.165) is 15.6 Å². The van der Waals surface area contributed by atoms with E-state index >= 15 is 0 Å². The fourth-order valence-corrected chi connectivity index (χ4v) is 3.34. The molecule has 5 nitrogen and oxygen atoms in total. The third-order valence-electron chi connectivity index (χ3n) is 3.25. The number of nitrogen functional groups attached to an aromatic ring is 1. The van der Waals surface area contributed by atoms with Gasteiger partial charge in [-0.05, 0) is 19.4 Å². The van der Waals surface area contributed by atoms with Crippen molar-refractivity contribution in [2.75, 3.05) is 25.9 Å². The van der Waals surface area contributed by atoms with Crippen LogP contribution in [-0.4, -0.2) is 36.9 Å². The van der Waals surface area contributed by atoms with Gasteiger partial charge in [0.2, 0.25) is 5.91 Å². The lowest BCUT2D eigenvalue weighted by Gasteiger charge is -2.15. The third-order valence-corrected chi connectivity index (χ3v) is 4.59. The number of carbonyl (C=O) groups excluding carboxylic acids is 2. The van der Waals surface area contributed by atoms with E-state index < -0.39 is 0 Å². The minimum atomic E-state index is -0.223. The van der Waals surface area contributed by atoms with Crippen LogP contribution in [0, 0.1) is 6.92 Å². The molecule has 0 bridgehead atoms. The fourth-order valence-electron chi connectivity index (χ4n) is 2.15. The second kappa shape index (κ2) is 6.13. The predicted octanol–water partition coefficient (Wildman–Crippen LogP) is 2.00. The summed E-state index contributed by atoms with van der Waals surface area (Å²) in [6.45, 7) is 4.40. The molecule has 0 atom stereocenters. The first-order valence-corrected chi connectivity index (χ1v) is 7.57. The summed E-state index contributed by atoms with van der Waals surface area (Å²) in [6, 6.07) is 5.83. The molecule has 1 heterocycles. The summed E-state index contributed by atoms with van der Waals surface area (Å²) < 4.78 is 1.02. The van der Waals surface area contributed by atoms with Gasteiger partial charge in [-0.1, -0.05) is 18.2 Å². The molecule has 0 unspecified atom stereocenters. The number of carbonyl (C=O) groups is 2. The Morgan fingerprint density at radius 3 is 2.71 bits per heavy atom. The Morgan fingerprint density at radius 2 is 2.10 bits per heavy atom. The zero-order chi connectivity index (χ0) is 15.6. The molecule has 0 spiro atoms. The van der Waals surface area contributed by atoms with E-state index in [0.29, 0.717) is 17.1 Å². The number of nitrogens with zero attached hydrogens (tertiary/aromatic N) is 1. The first kappa shape index (κ1) is 15.3. The average Bonchev–Trinajstić information content (AvgIpc) is 2.77. The molecule has 0 aliphatic heterocycles. The molecular formula is C15H19N3O2S. The van der Waals surface area contributed by atoms with E-state index in [9.17, 15) is 9.59 Å². The van der Waals surface area contributed by atoms with Gasteiger partial charge >= 0.3 is 0 Å². The Hall–Kier alpha value is -2.08. The smallest absolute Gasteiger partial charge is 0.266 e. The number of hydrogen-bond acceptors (Lipinski definition) is 4. The molecule has 6 heteroatoms. The number of fused-ring (bicyclic) bond motifs is 1. The fraction of sp³-hybridized carbons (Fsp3) is 0.333. The monoisotopic (exact) mass is 305 g/mol. The van der Waals surface area contributed by atoms with Gasteiger partial charge in [-0.25, -0.2) is 0 Å². The van der Waals surface area contributed by atoms with Crippen LogP contribution in [0.2, 0.25) is 0 Å². The highest BCUT2D eigenvalue weighted by Crippen LogP contribution is 2.36. The highest BCUT2D eigenvalue weighted by Gasteiger charge is 2.21. The minimum Gasteiger partial charge on any atom is -0.397 e. The normalized spacial score (nSPS) is 10.6. The predicted molar refractivity (Wildman–Crippen MR) is 86.6 cm³/mol. The van der Waals surface area contributed by atoms with Crippen LogP contribution in [-0.2, 0) is 4.79 Å². The maximum atomic E-state index is 12.5. The van der Waals surface area contributed by atoms with Gasteiger partial charge in [0.25, 0.3) is 5.91 Å². The van der Waals surface area contributed by atoms with Crippen molar-refractivity contribution in [3.05, 3.63) is 28.6 Å². The topological polar surface area (TPSA) is 75.4 Å². The Labute approximate surface area is 127 Å². The van der Waals surface area contributed by atoms with Crippen molar-refractivity contribution in [2.45, 2.75) is 13.8 Å². The molecular weight excluding hydrogens is 286 g/mol. The summed E-state index contributed by atoms with van der Waals surface area (Å²) in [4.78, 5) is 25.9. The number of likely N-dealkylation sites (N-methyl/N-ethyl adjacent to an activating group) is 2. The zero-order valence-corrected chi connectivity index (χ0v) is 13.2. The summed E-state index contributed by atoms with van der Waals surface area (Å²) in [5.41, 5.74) is 7.68. The summed E-state index contributed by atoms with van der Waals surface area (Å²) in [6.07, 6.45) is 0. The van der Waals surface area contributed by atoms with E-state index in [4.69, 9.17) is 5.73 Å². The molecule has 2 amide bonds. The van der Waals surface area contributed by atoms with Gasteiger partial charge in [0, 0.05) is 23.7 Å². The molecule has 1 aromatic carbocycles. The van der Waals surface area contributed by atoms with Crippen LogP contribution in [0.1, 0.15) is 22.2 Å². The summed E-state index contributed by atoms with van der Waals surface area (Å²) in [5, 5.41) is 3.57. The molecule has 3 N–H and O–H groups in total. The van der Waals surface area contributed by atoms with Crippen molar-refractivity contribution < 1.29 is 9.59 Å². The number of rotatable bonds is 4. The van der Waals surface area contributed by atoms with E-state index in [2.05, 4.69) is 5.32 Å². The lowest BCUT2D eigenvalue weighted by Crippen LogP contribution is -2.38. The molecule has 0 aliphatic carbocycles. The van der Waals surface area contributed by atoms with E-state index in [1.54, 1.807) is 7.05 Å². The Morgan fingerprint density at radius 1 is 1.38 bits per heavy atom. The summed E-state index contributed by atoms with van der Waals surface area (Å²) in [5.74, 6) is -0.399. The summed E-state index contributed by atoms with van der Waals surface area (Å²) >= 11 is 1.38. The highest BCUT2D eigenvalue weighted by molar-refractivity contribution is 7.21. The maximum absolute atomic E-state index is 12.5. The SMILES string of the molecule is CCNC(=O)CN(C)C(=O)c1sc2c(C)cccc2c1N. The minimum absolute atomic E-state index is 0.0271. The van der Waals surface area contributed by atoms with Gasteiger partial charge < -0.3 is 16.0 Å². The maximum Gasteiger partial charge on any atom is 0.266 e. The van der Waals surface area contributed by atoms with Crippen LogP contribution in [0.15, 0.2) is 18.2 Å². The number of nitrogens with one attached hydrogen (secondary N) is 1. The quantitative estimate of drug-likeness (QED) is 0.907.